The Morgan fingerprint density at radius 1 is 1.40 bits per heavy atom. The van der Waals surface area contributed by atoms with Crippen LogP contribution in [0.15, 0.2) is 22.7 Å². The van der Waals surface area contributed by atoms with Gasteiger partial charge in [-0.3, -0.25) is 0 Å². The molecule has 2 atom stereocenters. The fraction of sp³-hybridized carbons (Fsp3) is 0.500. The summed E-state index contributed by atoms with van der Waals surface area (Å²) in [6, 6.07) is 4.87. The van der Waals surface area contributed by atoms with Gasteiger partial charge in [0, 0.05) is 9.30 Å². The Balaban J connectivity index is 2.82. The maximum Gasteiger partial charge on any atom is 0.123 e. The first kappa shape index (κ1) is 13.2. The summed E-state index contributed by atoms with van der Waals surface area (Å²) in [5, 5.41) is 0. The van der Waals surface area contributed by atoms with E-state index in [1.54, 1.807) is 12.1 Å². The predicted octanol–water partition coefficient (Wildman–Crippen LogP) is 4.94. The SMILES string of the molecule is CCC(Cc1cc(F)ccc1Br)C(C)Br. The predicted molar refractivity (Wildman–Crippen MR) is 70.0 cm³/mol. The molecule has 0 saturated carbocycles. The molecule has 0 bridgehead atoms. The van der Waals surface area contributed by atoms with Crippen LogP contribution in [0.2, 0.25) is 0 Å². The minimum absolute atomic E-state index is 0.162. The summed E-state index contributed by atoms with van der Waals surface area (Å²) in [5.41, 5.74) is 1.05. The van der Waals surface area contributed by atoms with Crippen molar-refractivity contribution in [2.45, 2.75) is 31.5 Å². The average Bonchev–Trinajstić information content (AvgIpc) is 2.18. The van der Waals surface area contributed by atoms with Gasteiger partial charge >= 0.3 is 0 Å². The Hall–Kier alpha value is 0.110. The second-order valence-corrected chi connectivity index (χ2v) is 6.08. The highest BCUT2D eigenvalue weighted by molar-refractivity contribution is 9.10. The summed E-state index contributed by atoms with van der Waals surface area (Å²) < 4.78 is 14.1. The van der Waals surface area contributed by atoms with Crippen LogP contribution in [-0.2, 0) is 6.42 Å². The average molecular weight is 338 g/mol. The molecule has 0 nitrogen and oxygen atoms in total. The highest BCUT2D eigenvalue weighted by Crippen LogP contribution is 2.26. The molecule has 0 spiro atoms. The quantitative estimate of drug-likeness (QED) is 0.682. The number of rotatable bonds is 4. The first-order valence-electron chi connectivity index (χ1n) is 5.12. The third-order valence-electron chi connectivity index (χ3n) is 2.66. The molecule has 0 fully saturated rings. The molecule has 1 rings (SSSR count). The summed E-state index contributed by atoms with van der Waals surface area (Å²) in [7, 11) is 0. The van der Waals surface area contributed by atoms with Crippen molar-refractivity contribution in [1.29, 1.82) is 0 Å². The van der Waals surface area contributed by atoms with Gasteiger partial charge in [0.05, 0.1) is 0 Å². The first-order valence-corrected chi connectivity index (χ1v) is 6.83. The zero-order chi connectivity index (χ0) is 11.4. The first-order chi connectivity index (χ1) is 7.04. The van der Waals surface area contributed by atoms with E-state index in [1.165, 1.54) is 6.07 Å². The molecule has 0 N–H and O–H groups in total. The van der Waals surface area contributed by atoms with Crippen LogP contribution in [0.4, 0.5) is 4.39 Å². The van der Waals surface area contributed by atoms with Crippen LogP contribution >= 0.6 is 31.9 Å². The minimum Gasteiger partial charge on any atom is -0.207 e. The molecule has 15 heavy (non-hydrogen) atoms. The lowest BCUT2D eigenvalue weighted by molar-refractivity contribution is 0.505. The van der Waals surface area contributed by atoms with Gasteiger partial charge in [0.1, 0.15) is 5.82 Å². The van der Waals surface area contributed by atoms with Crippen LogP contribution in [-0.4, -0.2) is 4.83 Å². The van der Waals surface area contributed by atoms with E-state index >= 15 is 0 Å². The van der Waals surface area contributed by atoms with Gasteiger partial charge in [-0.2, -0.15) is 0 Å². The topological polar surface area (TPSA) is 0 Å². The lowest BCUT2D eigenvalue weighted by Gasteiger charge is -2.18. The summed E-state index contributed by atoms with van der Waals surface area (Å²) in [6.07, 6.45) is 2.00. The third-order valence-corrected chi connectivity index (χ3v) is 4.19. The molecule has 0 aliphatic rings. The third kappa shape index (κ3) is 3.87. The molecular formula is C12H15Br2F. The highest BCUT2D eigenvalue weighted by atomic mass is 79.9. The standard InChI is InChI=1S/C12H15Br2F/c1-3-9(8(2)13)6-10-7-11(15)4-5-12(10)14/h4-5,7-9H,3,6H2,1-2H3. The van der Waals surface area contributed by atoms with Crippen molar-refractivity contribution in [1.82, 2.24) is 0 Å². The molecule has 1 aromatic rings. The maximum atomic E-state index is 13.1. The Labute approximate surface area is 108 Å². The van der Waals surface area contributed by atoms with Gasteiger partial charge < -0.3 is 0 Å². The van der Waals surface area contributed by atoms with Crippen molar-refractivity contribution in [3.05, 3.63) is 34.1 Å². The van der Waals surface area contributed by atoms with Crippen molar-refractivity contribution in [2.24, 2.45) is 5.92 Å². The van der Waals surface area contributed by atoms with Crippen molar-refractivity contribution in [3.8, 4) is 0 Å². The van der Waals surface area contributed by atoms with Crippen LogP contribution in [0.5, 0.6) is 0 Å². The second kappa shape index (κ2) is 6.00. The Morgan fingerprint density at radius 2 is 2.07 bits per heavy atom. The molecule has 0 heterocycles. The van der Waals surface area contributed by atoms with E-state index in [-0.39, 0.29) is 5.82 Å². The largest absolute Gasteiger partial charge is 0.207 e. The van der Waals surface area contributed by atoms with Crippen LogP contribution < -0.4 is 0 Å². The monoisotopic (exact) mass is 336 g/mol. The van der Waals surface area contributed by atoms with Gasteiger partial charge in [0.2, 0.25) is 0 Å². The molecule has 0 aliphatic carbocycles. The van der Waals surface area contributed by atoms with Crippen molar-refractivity contribution >= 4 is 31.9 Å². The summed E-state index contributed by atoms with van der Waals surface area (Å²) in [6.45, 7) is 4.30. The lowest BCUT2D eigenvalue weighted by Crippen LogP contribution is -2.13. The van der Waals surface area contributed by atoms with E-state index in [0.29, 0.717) is 10.7 Å². The molecule has 0 aliphatic heterocycles. The maximum absolute atomic E-state index is 13.1. The van der Waals surface area contributed by atoms with Crippen LogP contribution in [0.1, 0.15) is 25.8 Å². The van der Waals surface area contributed by atoms with E-state index in [1.807, 2.05) is 0 Å². The molecular weight excluding hydrogens is 323 g/mol. The normalized spacial score (nSPS) is 15.0. The molecule has 2 unspecified atom stereocenters. The lowest BCUT2D eigenvalue weighted by atomic mass is 9.94. The van der Waals surface area contributed by atoms with Gasteiger partial charge in [-0.15, -0.1) is 0 Å². The van der Waals surface area contributed by atoms with E-state index in [0.717, 1.165) is 22.9 Å². The molecule has 84 valence electrons. The van der Waals surface area contributed by atoms with E-state index in [9.17, 15) is 4.39 Å². The Bertz CT molecular complexity index is 323. The fourth-order valence-electron chi connectivity index (χ4n) is 1.61. The molecule has 1 aromatic carbocycles. The second-order valence-electron chi connectivity index (χ2n) is 3.79. The molecule has 0 saturated heterocycles. The molecule has 0 radical (unpaired) electrons. The number of benzene rings is 1. The van der Waals surface area contributed by atoms with Gasteiger partial charge in [0.15, 0.2) is 0 Å². The Kier molecular flexibility index (Phi) is 5.27. The van der Waals surface area contributed by atoms with Crippen molar-refractivity contribution in [3.63, 3.8) is 0 Å². The van der Waals surface area contributed by atoms with E-state index < -0.39 is 0 Å². The zero-order valence-corrected chi connectivity index (χ0v) is 12.1. The minimum atomic E-state index is -0.162. The molecule has 3 heteroatoms. The van der Waals surface area contributed by atoms with Gasteiger partial charge in [-0.05, 0) is 36.1 Å². The van der Waals surface area contributed by atoms with Crippen molar-refractivity contribution < 1.29 is 4.39 Å². The highest BCUT2D eigenvalue weighted by Gasteiger charge is 2.15. The van der Waals surface area contributed by atoms with E-state index in [2.05, 4.69) is 45.7 Å². The number of hydrogen-bond acceptors (Lipinski definition) is 0. The van der Waals surface area contributed by atoms with Crippen LogP contribution in [0, 0.1) is 11.7 Å². The van der Waals surface area contributed by atoms with Gasteiger partial charge in [0.25, 0.3) is 0 Å². The van der Waals surface area contributed by atoms with Gasteiger partial charge in [-0.25, -0.2) is 4.39 Å². The molecule has 0 aromatic heterocycles. The summed E-state index contributed by atoms with van der Waals surface area (Å²) >= 11 is 7.05. The number of alkyl halides is 1. The molecule has 0 amide bonds. The van der Waals surface area contributed by atoms with E-state index in [4.69, 9.17) is 0 Å². The van der Waals surface area contributed by atoms with Gasteiger partial charge in [-0.1, -0.05) is 52.1 Å². The summed E-state index contributed by atoms with van der Waals surface area (Å²) in [4.78, 5) is 0.456. The summed E-state index contributed by atoms with van der Waals surface area (Å²) in [5.74, 6) is 0.383. The van der Waals surface area contributed by atoms with Crippen LogP contribution in [0.3, 0.4) is 0 Å². The number of halogens is 3. The van der Waals surface area contributed by atoms with Crippen molar-refractivity contribution in [2.75, 3.05) is 0 Å². The Morgan fingerprint density at radius 3 is 2.60 bits per heavy atom. The van der Waals surface area contributed by atoms with Crippen LogP contribution in [0.25, 0.3) is 0 Å². The fourth-order valence-corrected chi connectivity index (χ4v) is 2.58. The zero-order valence-electron chi connectivity index (χ0n) is 8.93. The smallest absolute Gasteiger partial charge is 0.123 e. The number of hydrogen-bond donors (Lipinski definition) is 0.